The molecule has 0 aromatic carbocycles. The number of carbonyl (C=O) groups is 3. The molecule has 2 saturated heterocycles. The normalized spacial score (nSPS) is 37.4. The lowest BCUT2D eigenvalue weighted by Crippen LogP contribution is -2.60. The first-order valence-electron chi connectivity index (χ1n) is 12.4. The molecule has 2 fully saturated rings. The smallest absolute Gasteiger partial charge is 0.311 e. The van der Waals surface area contributed by atoms with Gasteiger partial charge in [-0.15, -0.1) is 11.8 Å². The maximum atomic E-state index is 14.3. The first kappa shape index (κ1) is 25.3. The monoisotopic (exact) mass is 490 g/mol. The summed E-state index contributed by atoms with van der Waals surface area (Å²) in [5, 5.41) is 10.4. The van der Waals surface area contributed by atoms with E-state index in [-0.39, 0.29) is 36.9 Å². The van der Waals surface area contributed by atoms with Crippen molar-refractivity contribution in [3.8, 4) is 0 Å². The van der Waals surface area contributed by atoms with E-state index < -0.39 is 39.0 Å². The Morgan fingerprint density at radius 3 is 2.50 bits per heavy atom. The maximum absolute atomic E-state index is 14.3. The van der Waals surface area contributed by atoms with E-state index in [1.807, 2.05) is 70.7 Å². The molecular weight excluding hydrogens is 452 g/mol. The fourth-order valence-electron chi connectivity index (χ4n) is 6.20. The largest absolute Gasteiger partial charge is 0.465 e. The number of cyclic esters (lactones) is 1. The number of carbonyl (C=O) groups excluding carboxylic acids is 3. The standard InChI is InChI=1S/C26H38N2O5S/c1-7-16(2)17(15-29)28-20-22(31)27(24(3,4)5)13-10-12-26(20)18(21(28)30)19-23(32)33-14-9-8-11-25(19,6)34-26/h8,10-12,16-20,29H,7,9,13-15H2,1-6H3/t16-,17-,18-,19+,20?,25-,26-/m0/s1. The summed E-state index contributed by atoms with van der Waals surface area (Å²) in [6.07, 6.45) is 9.42. The summed E-state index contributed by atoms with van der Waals surface area (Å²) in [4.78, 5) is 45.4. The van der Waals surface area contributed by atoms with Crippen molar-refractivity contribution in [1.29, 1.82) is 0 Å². The van der Waals surface area contributed by atoms with Crippen LogP contribution >= 0.6 is 11.8 Å². The highest BCUT2D eigenvalue weighted by molar-refractivity contribution is 8.02. The molecule has 1 N–H and O–H groups in total. The molecule has 2 amide bonds. The van der Waals surface area contributed by atoms with Crippen LogP contribution in [-0.4, -0.2) is 79.6 Å². The van der Waals surface area contributed by atoms with Crippen LogP contribution in [0.2, 0.25) is 0 Å². The molecule has 1 unspecified atom stereocenters. The Labute approximate surface area is 206 Å². The van der Waals surface area contributed by atoms with Crippen LogP contribution in [0.3, 0.4) is 0 Å². The zero-order valence-electron chi connectivity index (χ0n) is 21.1. The van der Waals surface area contributed by atoms with Crippen LogP contribution in [0, 0.1) is 17.8 Å². The second-order valence-electron chi connectivity index (χ2n) is 11.3. The summed E-state index contributed by atoms with van der Waals surface area (Å²) in [6, 6.07) is -1.31. The lowest BCUT2D eigenvalue weighted by atomic mass is 9.74. The van der Waals surface area contributed by atoms with Gasteiger partial charge in [-0.3, -0.25) is 14.4 Å². The van der Waals surface area contributed by atoms with Crippen molar-refractivity contribution in [2.75, 3.05) is 19.8 Å². The van der Waals surface area contributed by atoms with Gasteiger partial charge in [0.25, 0.3) is 0 Å². The van der Waals surface area contributed by atoms with Gasteiger partial charge in [0.05, 0.1) is 35.8 Å². The van der Waals surface area contributed by atoms with E-state index in [1.54, 1.807) is 16.7 Å². The molecule has 34 heavy (non-hydrogen) atoms. The number of fused-ring (bicyclic) bond motifs is 2. The van der Waals surface area contributed by atoms with Crippen molar-refractivity contribution < 1.29 is 24.2 Å². The number of hydrogen-bond donors (Lipinski definition) is 1. The molecule has 0 radical (unpaired) electrons. The zero-order valence-corrected chi connectivity index (χ0v) is 21.9. The molecule has 4 aliphatic heterocycles. The average Bonchev–Trinajstić information content (AvgIpc) is 3.07. The van der Waals surface area contributed by atoms with E-state index in [9.17, 15) is 19.5 Å². The number of rotatable bonds is 4. The van der Waals surface area contributed by atoms with Gasteiger partial charge in [-0.1, -0.05) is 44.6 Å². The molecule has 7 atom stereocenters. The van der Waals surface area contributed by atoms with Crippen LogP contribution in [-0.2, 0) is 19.1 Å². The van der Waals surface area contributed by atoms with E-state index >= 15 is 0 Å². The topological polar surface area (TPSA) is 87.2 Å². The van der Waals surface area contributed by atoms with E-state index in [0.29, 0.717) is 13.0 Å². The van der Waals surface area contributed by atoms with Crippen molar-refractivity contribution in [2.45, 2.75) is 81.5 Å². The molecular formula is C26H38N2O5S. The molecule has 4 heterocycles. The van der Waals surface area contributed by atoms with Gasteiger partial charge < -0.3 is 19.6 Å². The number of aliphatic hydroxyl groups excluding tert-OH is 1. The van der Waals surface area contributed by atoms with E-state index in [4.69, 9.17) is 4.74 Å². The maximum Gasteiger partial charge on any atom is 0.311 e. The highest BCUT2D eigenvalue weighted by atomic mass is 32.2. The Morgan fingerprint density at radius 2 is 1.88 bits per heavy atom. The van der Waals surface area contributed by atoms with Crippen molar-refractivity contribution in [3.05, 3.63) is 24.3 Å². The van der Waals surface area contributed by atoms with Crippen molar-refractivity contribution in [2.24, 2.45) is 17.8 Å². The quantitative estimate of drug-likeness (QED) is 0.482. The molecule has 0 aliphatic carbocycles. The summed E-state index contributed by atoms with van der Waals surface area (Å²) < 4.78 is 3.99. The van der Waals surface area contributed by atoms with Gasteiger partial charge in [-0.25, -0.2) is 0 Å². The lowest BCUT2D eigenvalue weighted by Gasteiger charge is -2.43. The van der Waals surface area contributed by atoms with E-state index in [2.05, 4.69) is 0 Å². The molecule has 4 rings (SSSR count). The van der Waals surface area contributed by atoms with Crippen LogP contribution in [0.5, 0.6) is 0 Å². The number of likely N-dealkylation sites (tertiary alicyclic amines) is 1. The van der Waals surface area contributed by atoms with E-state index in [1.165, 1.54) is 0 Å². The number of aliphatic hydroxyl groups is 1. The van der Waals surface area contributed by atoms with Gasteiger partial charge in [0, 0.05) is 16.8 Å². The predicted molar refractivity (Wildman–Crippen MR) is 132 cm³/mol. The third-order valence-electron chi connectivity index (χ3n) is 8.11. The van der Waals surface area contributed by atoms with E-state index in [0.717, 1.165) is 6.42 Å². The molecule has 8 heteroatoms. The summed E-state index contributed by atoms with van der Waals surface area (Å²) in [5.74, 6) is -2.18. The molecule has 0 bridgehead atoms. The third-order valence-corrected chi connectivity index (χ3v) is 9.91. The molecule has 0 aromatic rings. The zero-order chi connectivity index (χ0) is 25.1. The summed E-state index contributed by atoms with van der Waals surface area (Å²) in [5.41, 5.74) is -0.446. The van der Waals surface area contributed by atoms with Crippen molar-refractivity contribution >= 4 is 29.5 Å². The lowest BCUT2D eigenvalue weighted by molar-refractivity contribution is -0.155. The summed E-state index contributed by atoms with van der Waals surface area (Å²) >= 11 is 1.54. The number of thioether (sulfide) groups is 1. The molecule has 0 aromatic heterocycles. The van der Waals surface area contributed by atoms with Crippen LogP contribution in [0.1, 0.15) is 54.4 Å². The minimum absolute atomic E-state index is 0.00601. The number of nitrogens with zero attached hydrogens (tertiary/aromatic N) is 2. The second-order valence-corrected chi connectivity index (χ2v) is 13.0. The molecule has 7 nitrogen and oxygen atoms in total. The highest BCUT2D eigenvalue weighted by Crippen LogP contribution is 2.65. The SMILES string of the molecule is CC[C@H](C)[C@H](CO)N1C(=O)[C@@H]2[C@@H]3C(=O)OCCC=C[C@]3(C)S[C@@]23C=CCN(C(C)(C)C)C(=O)C13. The Kier molecular flexibility index (Phi) is 6.47. The molecule has 0 saturated carbocycles. The third kappa shape index (κ3) is 3.63. The van der Waals surface area contributed by atoms with Gasteiger partial charge in [-0.05, 0) is 40.0 Å². The fraction of sp³-hybridized carbons (Fsp3) is 0.731. The predicted octanol–water partition coefficient (Wildman–Crippen LogP) is 2.78. The first-order chi connectivity index (χ1) is 15.9. The minimum Gasteiger partial charge on any atom is -0.465 e. The van der Waals surface area contributed by atoms with Crippen molar-refractivity contribution in [1.82, 2.24) is 9.80 Å². The van der Waals surface area contributed by atoms with Crippen molar-refractivity contribution in [3.63, 3.8) is 0 Å². The van der Waals surface area contributed by atoms with Gasteiger partial charge >= 0.3 is 5.97 Å². The number of esters is 1. The van der Waals surface area contributed by atoms with Crippen LogP contribution < -0.4 is 0 Å². The minimum atomic E-state index is -0.915. The fourth-order valence-corrected chi connectivity index (χ4v) is 8.34. The molecule has 1 spiro atoms. The first-order valence-corrected chi connectivity index (χ1v) is 13.2. The van der Waals surface area contributed by atoms with Gasteiger partial charge in [0.15, 0.2) is 0 Å². The van der Waals surface area contributed by atoms with Gasteiger partial charge in [-0.2, -0.15) is 0 Å². The molecule has 4 aliphatic rings. The Morgan fingerprint density at radius 1 is 1.18 bits per heavy atom. The second kappa shape index (κ2) is 8.70. The average molecular weight is 491 g/mol. The number of amides is 2. The van der Waals surface area contributed by atoms with Gasteiger partial charge in [0.2, 0.25) is 11.8 Å². The highest BCUT2D eigenvalue weighted by Gasteiger charge is 2.74. The van der Waals surface area contributed by atoms with Crippen LogP contribution in [0.15, 0.2) is 24.3 Å². The van der Waals surface area contributed by atoms with Crippen LogP contribution in [0.4, 0.5) is 0 Å². The number of ether oxygens (including phenoxy) is 1. The Bertz CT molecular complexity index is 927. The Balaban J connectivity index is 1.93. The Hall–Kier alpha value is -1.80. The van der Waals surface area contributed by atoms with Gasteiger partial charge in [0.1, 0.15) is 6.04 Å². The number of hydrogen-bond acceptors (Lipinski definition) is 6. The van der Waals surface area contributed by atoms with Crippen LogP contribution in [0.25, 0.3) is 0 Å². The summed E-state index contributed by atoms with van der Waals surface area (Å²) in [6.45, 7) is 12.5. The summed E-state index contributed by atoms with van der Waals surface area (Å²) in [7, 11) is 0. The molecule has 188 valence electrons.